The SMILES string of the molecule is CCOC(=O)c1cc(NC(=O)c2cccc(S(=O)(=O)N(C)C)c2)ccc1Cl. The minimum Gasteiger partial charge on any atom is -0.462 e. The topological polar surface area (TPSA) is 92.8 Å². The lowest BCUT2D eigenvalue weighted by atomic mass is 10.1. The molecule has 0 spiro atoms. The van der Waals surface area contributed by atoms with Crippen molar-refractivity contribution in [2.24, 2.45) is 0 Å². The van der Waals surface area contributed by atoms with Crippen molar-refractivity contribution in [2.75, 3.05) is 26.0 Å². The molecular formula is C18H19ClN2O5S. The summed E-state index contributed by atoms with van der Waals surface area (Å²) in [6, 6.07) is 10.1. The molecule has 0 heterocycles. The number of hydrogen-bond donors (Lipinski definition) is 1. The van der Waals surface area contributed by atoms with E-state index in [-0.39, 0.29) is 27.7 Å². The van der Waals surface area contributed by atoms with Gasteiger partial charge in [0, 0.05) is 25.3 Å². The molecule has 0 saturated carbocycles. The third-order valence-corrected chi connectivity index (χ3v) is 5.74. The minimum absolute atomic E-state index is 0.00321. The summed E-state index contributed by atoms with van der Waals surface area (Å²) < 4.78 is 30.4. The highest BCUT2D eigenvalue weighted by atomic mass is 35.5. The highest BCUT2D eigenvalue weighted by Crippen LogP contribution is 2.22. The molecule has 1 amide bonds. The maximum Gasteiger partial charge on any atom is 0.339 e. The van der Waals surface area contributed by atoms with Crippen LogP contribution in [0.2, 0.25) is 5.02 Å². The number of sulfonamides is 1. The predicted octanol–water partition coefficient (Wildman–Crippen LogP) is 3.02. The van der Waals surface area contributed by atoms with Crippen LogP contribution in [0.4, 0.5) is 5.69 Å². The Morgan fingerprint density at radius 3 is 2.48 bits per heavy atom. The number of nitrogens with one attached hydrogen (secondary N) is 1. The first-order chi connectivity index (χ1) is 12.7. The lowest BCUT2D eigenvalue weighted by Gasteiger charge is -2.12. The summed E-state index contributed by atoms with van der Waals surface area (Å²) >= 11 is 6.00. The summed E-state index contributed by atoms with van der Waals surface area (Å²) in [6.45, 7) is 1.87. The molecule has 0 atom stereocenters. The van der Waals surface area contributed by atoms with Gasteiger partial charge in [0.05, 0.1) is 22.1 Å². The van der Waals surface area contributed by atoms with Crippen LogP contribution in [-0.4, -0.2) is 45.3 Å². The Bertz CT molecular complexity index is 973. The number of carbonyl (C=O) groups is 2. The lowest BCUT2D eigenvalue weighted by Crippen LogP contribution is -2.22. The molecule has 0 aliphatic rings. The second kappa shape index (κ2) is 8.51. The molecule has 144 valence electrons. The van der Waals surface area contributed by atoms with Gasteiger partial charge in [-0.15, -0.1) is 0 Å². The smallest absolute Gasteiger partial charge is 0.339 e. The van der Waals surface area contributed by atoms with Crippen LogP contribution in [0, 0.1) is 0 Å². The van der Waals surface area contributed by atoms with Crippen LogP contribution in [0.25, 0.3) is 0 Å². The standard InChI is InChI=1S/C18H19ClN2O5S/c1-4-26-18(23)15-11-13(8-9-16(15)19)20-17(22)12-6-5-7-14(10-12)27(24,25)21(2)3/h5-11H,4H2,1-3H3,(H,20,22). The molecule has 0 radical (unpaired) electrons. The first-order valence-electron chi connectivity index (χ1n) is 7.97. The molecule has 0 aliphatic carbocycles. The van der Waals surface area contributed by atoms with Gasteiger partial charge < -0.3 is 10.1 Å². The number of anilines is 1. The van der Waals surface area contributed by atoms with E-state index in [2.05, 4.69) is 5.32 Å². The van der Waals surface area contributed by atoms with Crippen LogP contribution in [0.1, 0.15) is 27.6 Å². The van der Waals surface area contributed by atoms with Crippen LogP contribution in [-0.2, 0) is 14.8 Å². The number of esters is 1. The maximum absolute atomic E-state index is 12.5. The maximum atomic E-state index is 12.5. The minimum atomic E-state index is -3.66. The van der Waals surface area contributed by atoms with E-state index < -0.39 is 21.9 Å². The number of ether oxygens (including phenoxy) is 1. The van der Waals surface area contributed by atoms with Gasteiger partial charge in [-0.2, -0.15) is 0 Å². The third kappa shape index (κ3) is 4.85. The molecule has 27 heavy (non-hydrogen) atoms. The van der Waals surface area contributed by atoms with Crippen LogP contribution < -0.4 is 5.32 Å². The Kier molecular flexibility index (Phi) is 6.59. The van der Waals surface area contributed by atoms with E-state index >= 15 is 0 Å². The Morgan fingerprint density at radius 2 is 1.85 bits per heavy atom. The fourth-order valence-corrected chi connectivity index (χ4v) is 3.32. The summed E-state index contributed by atoms with van der Waals surface area (Å²) in [5, 5.41) is 2.82. The van der Waals surface area contributed by atoms with Crippen molar-refractivity contribution < 1.29 is 22.7 Å². The van der Waals surface area contributed by atoms with Gasteiger partial charge in [0.2, 0.25) is 10.0 Å². The average Bonchev–Trinajstić information content (AvgIpc) is 2.63. The molecule has 2 aromatic rings. The number of hydrogen-bond acceptors (Lipinski definition) is 5. The van der Waals surface area contributed by atoms with Gasteiger partial charge in [-0.25, -0.2) is 17.5 Å². The van der Waals surface area contributed by atoms with E-state index in [0.29, 0.717) is 5.69 Å². The Hall–Kier alpha value is -2.42. The van der Waals surface area contributed by atoms with Crippen molar-refractivity contribution in [3.05, 3.63) is 58.6 Å². The van der Waals surface area contributed by atoms with Crippen molar-refractivity contribution in [1.82, 2.24) is 4.31 Å². The molecule has 0 bridgehead atoms. The van der Waals surface area contributed by atoms with Crippen molar-refractivity contribution in [1.29, 1.82) is 0 Å². The Balaban J connectivity index is 2.28. The fourth-order valence-electron chi connectivity index (χ4n) is 2.18. The van der Waals surface area contributed by atoms with E-state index in [1.165, 1.54) is 56.6 Å². The molecule has 1 N–H and O–H groups in total. The number of benzene rings is 2. The second-order valence-electron chi connectivity index (χ2n) is 5.68. The summed E-state index contributed by atoms with van der Waals surface area (Å²) in [5.41, 5.74) is 0.610. The molecule has 7 nitrogen and oxygen atoms in total. The monoisotopic (exact) mass is 410 g/mol. The number of rotatable bonds is 6. The van der Waals surface area contributed by atoms with E-state index in [0.717, 1.165) is 4.31 Å². The lowest BCUT2D eigenvalue weighted by molar-refractivity contribution is 0.0526. The summed E-state index contributed by atoms with van der Waals surface area (Å²) in [4.78, 5) is 24.4. The largest absolute Gasteiger partial charge is 0.462 e. The zero-order valence-electron chi connectivity index (χ0n) is 15.0. The van der Waals surface area contributed by atoms with Crippen LogP contribution in [0.15, 0.2) is 47.4 Å². The van der Waals surface area contributed by atoms with Gasteiger partial charge in [-0.3, -0.25) is 4.79 Å². The Labute approximate surface area is 162 Å². The van der Waals surface area contributed by atoms with Gasteiger partial charge in [0.25, 0.3) is 5.91 Å². The van der Waals surface area contributed by atoms with E-state index in [4.69, 9.17) is 16.3 Å². The summed E-state index contributed by atoms with van der Waals surface area (Å²) in [5.74, 6) is -1.12. The molecule has 0 unspecified atom stereocenters. The molecule has 0 aromatic heterocycles. The molecule has 0 aliphatic heterocycles. The van der Waals surface area contributed by atoms with E-state index in [9.17, 15) is 18.0 Å². The van der Waals surface area contributed by atoms with Crippen molar-refractivity contribution in [3.8, 4) is 0 Å². The predicted molar refractivity (Wildman–Crippen MR) is 103 cm³/mol. The van der Waals surface area contributed by atoms with Crippen molar-refractivity contribution in [3.63, 3.8) is 0 Å². The number of halogens is 1. The van der Waals surface area contributed by atoms with Crippen LogP contribution in [0.5, 0.6) is 0 Å². The number of carbonyl (C=O) groups excluding carboxylic acids is 2. The van der Waals surface area contributed by atoms with Gasteiger partial charge in [-0.05, 0) is 43.3 Å². The Morgan fingerprint density at radius 1 is 1.15 bits per heavy atom. The molecular weight excluding hydrogens is 392 g/mol. The average molecular weight is 411 g/mol. The third-order valence-electron chi connectivity index (χ3n) is 3.59. The van der Waals surface area contributed by atoms with E-state index in [1.807, 2.05) is 0 Å². The zero-order chi connectivity index (χ0) is 20.2. The van der Waals surface area contributed by atoms with Gasteiger partial charge in [0.15, 0.2) is 0 Å². The molecule has 2 aromatic carbocycles. The highest BCUT2D eigenvalue weighted by molar-refractivity contribution is 7.89. The second-order valence-corrected chi connectivity index (χ2v) is 8.24. The first-order valence-corrected chi connectivity index (χ1v) is 9.79. The summed E-state index contributed by atoms with van der Waals surface area (Å²) in [7, 11) is -0.842. The fraction of sp³-hybridized carbons (Fsp3) is 0.222. The van der Waals surface area contributed by atoms with Gasteiger partial charge in [0.1, 0.15) is 0 Å². The highest BCUT2D eigenvalue weighted by Gasteiger charge is 2.19. The number of amides is 1. The zero-order valence-corrected chi connectivity index (χ0v) is 16.6. The van der Waals surface area contributed by atoms with Crippen molar-refractivity contribution in [2.45, 2.75) is 11.8 Å². The van der Waals surface area contributed by atoms with Crippen LogP contribution in [0.3, 0.4) is 0 Å². The summed E-state index contributed by atoms with van der Waals surface area (Å²) in [6.07, 6.45) is 0. The van der Waals surface area contributed by atoms with Gasteiger partial charge >= 0.3 is 5.97 Å². The normalized spacial score (nSPS) is 11.3. The van der Waals surface area contributed by atoms with E-state index in [1.54, 1.807) is 6.92 Å². The molecule has 0 fully saturated rings. The molecule has 9 heteroatoms. The molecule has 2 rings (SSSR count). The number of nitrogens with zero attached hydrogens (tertiary/aromatic N) is 1. The van der Waals surface area contributed by atoms with Crippen LogP contribution >= 0.6 is 11.6 Å². The first kappa shape index (κ1) is 20.9. The quantitative estimate of drug-likeness (QED) is 0.739. The van der Waals surface area contributed by atoms with Crippen molar-refractivity contribution >= 4 is 39.2 Å². The van der Waals surface area contributed by atoms with Gasteiger partial charge in [-0.1, -0.05) is 17.7 Å². The molecule has 0 saturated heterocycles.